The molecule has 1 heterocycles. The summed E-state index contributed by atoms with van der Waals surface area (Å²) in [4.78, 5) is 14.3. The van der Waals surface area contributed by atoms with E-state index in [9.17, 15) is 9.90 Å². The first-order valence-electron chi connectivity index (χ1n) is 5.56. The third-order valence-corrected chi connectivity index (χ3v) is 3.19. The highest BCUT2D eigenvalue weighted by molar-refractivity contribution is 5.93. The number of benzene rings is 1. The summed E-state index contributed by atoms with van der Waals surface area (Å²) in [5.41, 5.74) is 9.50. The van der Waals surface area contributed by atoms with Gasteiger partial charge in [-0.1, -0.05) is 12.1 Å². The molecule has 0 spiro atoms. The van der Waals surface area contributed by atoms with Gasteiger partial charge >= 0.3 is 5.97 Å². The zero-order valence-corrected chi connectivity index (χ0v) is 9.95. The van der Waals surface area contributed by atoms with E-state index in [1.54, 1.807) is 6.20 Å². The Morgan fingerprint density at radius 1 is 1.41 bits per heavy atom. The van der Waals surface area contributed by atoms with Crippen LogP contribution in [0.3, 0.4) is 0 Å². The molecule has 90 valence electrons. The van der Waals surface area contributed by atoms with Gasteiger partial charge < -0.3 is 15.8 Å². The summed E-state index contributed by atoms with van der Waals surface area (Å²) >= 11 is 0. The van der Waals surface area contributed by atoms with Crippen LogP contribution in [0.15, 0.2) is 18.3 Å². The molecule has 0 fully saturated rings. The smallest absolute Gasteiger partial charge is 0.312 e. The predicted octanol–water partition coefficient (Wildman–Crippen LogP) is 1.91. The number of rotatable bonds is 3. The van der Waals surface area contributed by atoms with Crippen molar-refractivity contribution in [3.05, 3.63) is 35.0 Å². The maximum Gasteiger partial charge on any atom is 0.312 e. The van der Waals surface area contributed by atoms with Crippen molar-refractivity contribution in [2.75, 3.05) is 6.54 Å². The molecule has 0 aliphatic heterocycles. The molecule has 4 heteroatoms. The molecule has 2 rings (SSSR count). The summed E-state index contributed by atoms with van der Waals surface area (Å²) in [6, 6.07) is 4.03. The average molecular weight is 232 g/mol. The Kier molecular flexibility index (Phi) is 2.90. The lowest BCUT2D eigenvalue weighted by molar-refractivity contribution is -0.138. The average Bonchev–Trinajstić information content (AvgIpc) is 2.70. The molecule has 0 aliphatic rings. The molecule has 0 aliphatic carbocycles. The first-order valence-corrected chi connectivity index (χ1v) is 5.56. The Balaban J connectivity index is 2.71. The molecular formula is C13H16N2O2. The first kappa shape index (κ1) is 11.7. The van der Waals surface area contributed by atoms with Gasteiger partial charge in [0, 0.05) is 23.6 Å². The SMILES string of the molecule is Cc1ccc(C)c2c(C(CN)C(=O)O)c[nH]c12. The minimum atomic E-state index is -0.880. The van der Waals surface area contributed by atoms with Crippen molar-refractivity contribution in [3.8, 4) is 0 Å². The lowest BCUT2D eigenvalue weighted by Crippen LogP contribution is -2.20. The molecule has 1 aromatic heterocycles. The largest absolute Gasteiger partial charge is 0.481 e. The molecule has 0 radical (unpaired) electrons. The maximum atomic E-state index is 11.2. The van der Waals surface area contributed by atoms with Crippen LogP contribution in [0, 0.1) is 13.8 Å². The van der Waals surface area contributed by atoms with Gasteiger partial charge in [0.25, 0.3) is 0 Å². The molecule has 1 unspecified atom stereocenters. The number of carboxylic acid groups (broad SMARTS) is 1. The van der Waals surface area contributed by atoms with E-state index in [1.807, 2.05) is 26.0 Å². The van der Waals surface area contributed by atoms with Crippen molar-refractivity contribution in [2.24, 2.45) is 5.73 Å². The summed E-state index contributed by atoms with van der Waals surface area (Å²) in [6.07, 6.45) is 1.76. The van der Waals surface area contributed by atoms with E-state index in [-0.39, 0.29) is 6.54 Å². The fourth-order valence-electron chi connectivity index (χ4n) is 2.23. The predicted molar refractivity (Wildman–Crippen MR) is 67.2 cm³/mol. The van der Waals surface area contributed by atoms with Crippen LogP contribution in [0.5, 0.6) is 0 Å². The number of hydrogen-bond donors (Lipinski definition) is 3. The van der Waals surface area contributed by atoms with Crippen molar-refractivity contribution in [2.45, 2.75) is 19.8 Å². The van der Waals surface area contributed by atoms with Gasteiger partial charge in [-0.05, 0) is 30.5 Å². The van der Waals surface area contributed by atoms with Gasteiger partial charge in [-0.2, -0.15) is 0 Å². The van der Waals surface area contributed by atoms with E-state index in [4.69, 9.17) is 5.73 Å². The summed E-state index contributed by atoms with van der Waals surface area (Å²) in [5.74, 6) is -1.53. The Hall–Kier alpha value is -1.81. The molecule has 4 nitrogen and oxygen atoms in total. The molecule has 0 amide bonds. The van der Waals surface area contributed by atoms with E-state index in [0.29, 0.717) is 0 Å². The highest BCUT2D eigenvalue weighted by Gasteiger charge is 2.22. The lowest BCUT2D eigenvalue weighted by atomic mass is 9.95. The van der Waals surface area contributed by atoms with Crippen LogP contribution in [0.1, 0.15) is 22.6 Å². The van der Waals surface area contributed by atoms with E-state index in [0.717, 1.165) is 27.6 Å². The Morgan fingerprint density at radius 3 is 2.65 bits per heavy atom. The van der Waals surface area contributed by atoms with Crippen LogP contribution in [0.25, 0.3) is 10.9 Å². The number of nitrogens with two attached hydrogens (primary N) is 1. The zero-order valence-electron chi connectivity index (χ0n) is 9.95. The summed E-state index contributed by atoms with van der Waals surface area (Å²) in [5, 5.41) is 10.2. The van der Waals surface area contributed by atoms with E-state index >= 15 is 0 Å². The summed E-state index contributed by atoms with van der Waals surface area (Å²) in [6.45, 7) is 4.09. The minimum absolute atomic E-state index is 0.107. The van der Waals surface area contributed by atoms with Crippen molar-refractivity contribution in [3.63, 3.8) is 0 Å². The lowest BCUT2D eigenvalue weighted by Gasteiger charge is -2.10. The molecule has 1 aromatic carbocycles. The molecule has 17 heavy (non-hydrogen) atoms. The van der Waals surface area contributed by atoms with Gasteiger partial charge in [-0.15, -0.1) is 0 Å². The Labute approximate surface area is 99.4 Å². The number of nitrogens with one attached hydrogen (secondary N) is 1. The number of aromatic nitrogens is 1. The quantitative estimate of drug-likeness (QED) is 0.756. The van der Waals surface area contributed by atoms with Gasteiger partial charge in [0.2, 0.25) is 0 Å². The van der Waals surface area contributed by atoms with Crippen molar-refractivity contribution >= 4 is 16.9 Å². The summed E-state index contributed by atoms with van der Waals surface area (Å²) in [7, 11) is 0. The monoisotopic (exact) mass is 232 g/mol. The topological polar surface area (TPSA) is 79.1 Å². The second-order valence-corrected chi connectivity index (χ2v) is 4.32. The first-order chi connectivity index (χ1) is 8.06. The normalized spacial score (nSPS) is 12.9. The molecular weight excluding hydrogens is 216 g/mol. The number of aliphatic carboxylic acids is 1. The highest BCUT2D eigenvalue weighted by atomic mass is 16.4. The second kappa shape index (κ2) is 4.22. The number of H-pyrrole nitrogens is 1. The Bertz CT molecular complexity index is 572. The highest BCUT2D eigenvalue weighted by Crippen LogP contribution is 2.30. The third kappa shape index (κ3) is 1.80. The number of fused-ring (bicyclic) bond motifs is 1. The minimum Gasteiger partial charge on any atom is -0.481 e. The zero-order chi connectivity index (χ0) is 12.6. The maximum absolute atomic E-state index is 11.2. The van der Waals surface area contributed by atoms with E-state index in [1.165, 1.54) is 0 Å². The van der Waals surface area contributed by atoms with Gasteiger partial charge in [0.15, 0.2) is 0 Å². The van der Waals surface area contributed by atoms with Gasteiger partial charge in [-0.3, -0.25) is 4.79 Å². The van der Waals surface area contributed by atoms with E-state index < -0.39 is 11.9 Å². The number of aromatic amines is 1. The standard InChI is InChI=1S/C13H16N2O2/c1-7-3-4-8(2)12-11(7)10(6-15-12)9(5-14)13(16)17/h3-4,6,9,15H,5,14H2,1-2H3,(H,16,17). The Morgan fingerprint density at radius 2 is 2.06 bits per heavy atom. The fourth-order valence-corrected chi connectivity index (χ4v) is 2.23. The second-order valence-electron chi connectivity index (χ2n) is 4.32. The van der Waals surface area contributed by atoms with Crippen LogP contribution in [0.2, 0.25) is 0 Å². The third-order valence-electron chi connectivity index (χ3n) is 3.19. The van der Waals surface area contributed by atoms with E-state index in [2.05, 4.69) is 4.98 Å². The van der Waals surface area contributed by atoms with Crippen LogP contribution in [-0.4, -0.2) is 22.6 Å². The van der Waals surface area contributed by atoms with Gasteiger partial charge in [0.05, 0.1) is 5.92 Å². The van der Waals surface area contributed by atoms with Crippen molar-refractivity contribution in [1.82, 2.24) is 4.98 Å². The molecule has 0 bridgehead atoms. The molecule has 4 N–H and O–H groups in total. The van der Waals surface area contributed by atoms with Gasteiger partial charge in [-0.25, -0.2) is 0 Å². The number of carbonyl (C=O) groups is 1. The number of aryl methyl sites for hydroxylation is 2. The van der Waals surface area contributed by atoms with Crippen LogP contribution < -0.4 is 5.73 Å². The van der Waals surface area contributed by atoms with Crippen molar-refractivity contribution in [1.29, 1.82) is 0 Å². The summed E-state index contributed by atoms with van der Waals surface area (Å²) < 4.78 is 0. The molecule has 1 atom stereocenters. The van der Waals surface area contributed by atoms with Crippen LogP contribution in [-0.2, 0) is 4.79 Å². The molecule has 2 aromatic rings. The number of carboxylic acids is 1. The van der Waals surface area contributed by atoms with Crippen LogP contribution >= 0.6 is 0 Å². The van der Waals surface area contributed by atoms with Gasteiger partial charge in [0.1, 0.15) is 0 Å². The van der Waals surface area contributed by atoms with Crippen LogP contribution in [0.4, 0.5) is 0 Å². The molecule has 0 saturated carbocycles. The molecule has 0 saturated heterocycles. The van der Waals surface area contributed by atoms with Crippen molar-refractivity contribution < 1.29 is 9.90 Å². The number of hydrogen-bond acceptors (Lipinski definition) is 2. The fraction of sp³-hybridized carbons (Fsp3) is 0.308.